The Morgan fingerprint density at radius 1 is 1.13 bits per heavy atom. The first kappa shape index (κ1) is 22.6. The number of carbonyl (C=O) groups excluding carboxylic acids is 1. The van der Waals surface area contributed by atoms with Crippen molar-refractivity contribution in [1.29, 1.82) is 0 Å². The molecule has 2 heterocycles. The monoisotopic (exact) mass is 429 g/mol. The topological polar surface area (TPSA) is 100 Å². The molecule has 168 valence electrons. The highest BCUT2D eigenvalue weighted by Gasteiger charge is 2.35. The van der Waals surface area contributed by atoms with Crippen molar-refractivity contribution in [2.45, 2.75) is 58.9 Å². The van der Waals surface area contributed by atoms with Gasteiger partial charge in [0, 0.05) is 5.70 Å². The molecule has 1 N–H and O–H groups in total. The van der Waals surface area contributed by atoms with Crippen molar-refractivity contribution in [3.05, 3.63) is 35.0 Å². The molecule has 1 aliphatic heterocycles. The summed E-state index contributed by atoms with van der Waals surface area (Å²) in [7, 11) is 1.60. The van der Waals surface area contributed by atoms with Gasteiger partial charge in [-0.1, -0.05) is 44.3 Å². The fourth-order valence-electron chi connectivity index (χ4n) is 3.54. The van der Waals surface area contributed by atoms with E-state index in [1.54, 1.807) is 11.8 Å². The van der Waals surface area contributed by atoms with Crippen LogP contribution in [-0.4, -0.2) is 46.5 Å². The second-order valence-electron chi connectivity index (χ2n) is 7.47. The molecule has 1 aliphatic rings. The largest absolute Gasteiger partial charge is 0.493 e. The lowest BCUT2D eigenvalue weighted by Gasteiger charge is -2.27. The van der Waals surface area contributed by atoms with Gasteiger partial charge in [-0.3, -0.25) is 0 Å². The molecule has 0 saturated carbocycles. The van der Waals surface area contributed by atoms with E-state index in [9.17, 15) is 4.79 Å². The summed E-state index contributed by atoms with van der Waals surface area (Å²) in [6.07, 6.45) is 5.26. The molecule has 1 aromatic heterocycles. The average molecular weight is 430 g/mol. The number of esters is 1. The average Bonchev–Trinajstić information content (AvgIpc) is 3.24. The van der Waals surface area contributed by atoms with Crippen LogP contribution in [0.3, 0.4) is 0 Å². The second-order valence-corrected chi connectivity index (χ2v) is 7.47. The lowest BCUT2D eigenvalue weighted by molar-refractivity contribution is -0.139. The Kier molecular flexibility index (Phi) is 7.86. The van der Waals surface area contributed by atoms with E-state index in [1.807, 2.05) is 32.0 Å². The summed E-state index contributed by atoms with van der Waals surface area (Å²) in [5.74, 6) is 1.34. The van der Waals surface area contributed by atoms with Crippen LogP contribution in [-0.2, 0) is 9.53 Å². The molecule has 9 nitrogen and oxygen atoms in total. The van der Waals surface area contributed by atoms with Gasteiger partial charge in [-0.05, 0) is 47.9 Å². The lowest BCUT2D eigenvalue weighted by Crippen LogP contribution is -2.29. The van der Waals surface area contributed by atoms with Gasteiger partial charge in [-0.15, -0.1) is 0 Å². The molecule has 0 spiro atoms. The number of tetrazole rings is 1. The first-order valence-corrected chi connectivity index (χ1v) is 10.8. The quantitative estimate of drug-likeness (QED) is 0.424. The second kappa shape index (κ2) is 10.8. The maximum absolute atomic E-state index is 12.9. The molecule has 3 rings (SSSR count). The normalized spacial score (nSPS) is 15.3. The van der Waals surface area contributed by atoms with Gasteiger partial charge in [-0.25, -0.2) is 4.79 Å². The Labute approximate surface area is 182 Å². The van der Waals surface area contributed by atoms with E-state index in [4.69, 9.17) is 14.2 Å². The standard InChI is InChI=1S/C22H31N5O4/c1-5-7-8-9-13-30-17-11-10-16(14-18(17)29-4)20-19(21(28)31-12-6-2)15(3)23-22-24-25-26-27(20)22/h10-11,14,20H,5-9,12-13H2,1-4H3,(H,23,24,26). The molecule has 31 heavy (non-hydrogen) atoms. The van der Waals surface area contributed by atoms with E-state index in [2.05, 4.69) is 27.8 Å². The molecule has 0 saturated heterocycles. The highest BCUT2D eigenvalue weighted by atomic mass is 16.5. The molecule has 1 unspecified atom stereocenters. The van der Waals surface area contributed by atoms with E-state index in [1.165, 1.54) is 12.8 Å². The zero-order valence-corrected chi connectivity index (χ0v) is 18.7. The number of fused-ring (bicyclic) bond motifs is 1. The third-order valence-corrected chi connectivity index (χ3v) is 5.13. The number of hydrogen-bond donors (Lipinski definition) is 1. The van der Waals surface area contributed by atoms with E-state index < -0.39 is 12.0 Å². The predicted molar refractivity (Wildman–Crippen MR) is 116 cm³/mol. The molecule has 0 amide bonds. The number of benzene rings is 1. The number of carbonyl (C=O) groups is 1. The first-order chi connectivity index (χ1) is 15.1. The number of rotatable bonds is 11. The van der Waals surface area contributed by atoms with Crippen molar-refractivity contribution in [3.8, 4) is 11.5 Å². The number of unbranched alkanes of at least 4 members (excludes halogenated alkanes) is 3. The number of methoxy groups -OCH3 is 1. The number of allylic oxidation sites excluding steroid dienone is 1. The van der Waals surface area contributed by atoms with Gasteiger partial charge in [-0.2, -0.15) is 4.68 Å². The van der Waals surface area contributed by atoms with E-state index >= 15 is 0 Å². The Morgan fingerprint density at radius 2 is 1.97 bits per heavy atom. The van der Waals surface area contributed by atoms with Crippen LogP contribution in [0.25, 0.3) is 0 Å². The zero-order valence-electron chi connectivity index (χ0n) is 18.7. The van der Waals surface area contributed by atoms with Gasteiger partial charge < -0.3 is 19.5 Å². The van der Waals surface area contributed by atoms with Crippen molar-refractivity contribution in [1.82, 2.24) is 20.2 Å². The van der Waals surface area contributed by atoms with E-state index in [-0.39, 0.29) is 0 Å². The molecule has 1 aromatic carbocycles. The molecule has 0 aliphatic carbocycles. The Balaban J connectivity index is 1.90. The van der Waals surface area contributed by atoms with Gasteiger partial charge in [0.1, 0.15) is 6.04 Å². The summed E-state index contributed by atoms with van der Waals surface area (Å²) in [6, 6.07) is 5.10. The molecule has 0 radical (unpaired) electrons. The highest BCUT2D eigenvalue weighted by Crippen LogP contribution is 2.38. The molecule has 1 atom stereocenters. The number of ether oxygens (including phenoxy) is 3. The van der Waals surface area contributed by atoms with Crippen molar-refractivity contribution >= 4 is 11.9 Å². The Hall–Kier alpha value is -3.10. The Morgan fingerprint density at radius 3 is 2.71 bits per heavy atom. The van der Waals surface area contributed by atoms with Gasteiger partial charge >= 0.3 is 5.97 Å². The third kappa shape index (κ3) is 5.15. The highest BCUT2D eigenvalue weighted by molar-refractivity contribution is 5.92. The molecule has 9 heteroatoms. The maximum Gasteiger partial charge on any atom is 0.338 e. The molecular weight excluding hydrogens is 398 g/mol. The number of aromatic nitrogens is 4. The van der Waals surface area contributed by atoms with Crippen LogP contribution < -0.4 is 14.8 Å². The van der Waals surface area contributed by atoms with Gasteiger partial charge in [0.15, 0.2) is 11.5 Å². The van der Waals surface area contributed by atoms with Gasteiger partial charge in [0.25, 0.3) is 0 Å². The smallest absolute Gasteiger partial charge is 0.338 e. The van der Waals surface area contributed by atoms with E-state index in [0.717, 1.165) is 24.8 Å². The molecule has 2 aromatic rings. The fraction of sp³-hybridized carbons (Fsp3) is 0.545. The van der Waals surface area contributed by atoms with Gasteiger partial charge in [0.05, 0.1) is 25.9 Å². The molecular formula is C22H31N5O4. The lowest BCUT2D eigenvalue weighted by atomic mass is 9.95. The maximum atomic E-state index is 12.9. The first-order valence-electron chi connectivity index (χ1n) is 10.8. The molecule has 0 fully saturated rings. The van der Waals surface area contributed by atoms with Crippen LogP contribution in [0.4, 0.5) is 5.95 Å². The van der Waals surface area contributed by atoms with Gasteiger partial charge in [0.2, 0.25) is 5.95 Å². The van der Waals surface area contributed by atoms with E-state index in [0.29, 0.717) is 41.9 Å². The van der Waals surface area contributed by atoms with Crippen LogP contribution in [0.1, 0.15) is 64.5 Å². The number of anilines is 1. The number of hydrogen-bond acceptors (Lipinski definition) is 8. The zero-order chi connectivity index (χ0) is 22.2. The van der Waals surface area contributed by atoms with Crippen LogP contribution in [0, 0.1) is 0 Å². The summed E-state index contributed by atoms with van der Waals surface area (Å²) < 4.78 is 18.5. The fourth-order valence-corrected chi connectivity index (χ4v) is 3.54. The summed E-state index contributed by atoms with van der Waals surface area (Å²) in [6.45, 7) is 6.93. The summed E-state index contributed by atoms with van der Waals surface area (Å²) in [5.41, 5.74) is 1.92. The van der Waals surface area contributed by atoms with Crippen molar-refractivity contribution in [3.63, 3.8) is 0 Å². The number of nitrogens with zero attached hydrogens (tertiary/aromatic N) is 4. The SMILES string of the molecule is CCCCCCOc1ccc(C2C(C(=O)OCCC)=C(C)Nc3nnnn32)cc1OC. The van der Waals surface area contributed by atoms with Crippen LogP contribution in [0.2, 0.25) is 0 Å². The van der Waals surface area contributed by atoms with Crippen LogP contribution >= 0.6 is 0 Å². The predicted octanol–water partition coefficient (Wildman–Crippen LogP) is 3.88. The van der Waals surface area contributed by atoms with Crippen molar-refractivity contribution < 1.29 is 19.0 Å². The Bertz CT molecular complexity index is 924. The third-order valence-electron chi connectivity index (χ3n) is 5.13. The minimum absolute atomic E-state index is 0.346. The van der Waals surface area contributed by atoms with Crippen molar-refractivity contribution in [2.24, 2.45) is 0 Å². The van der Waals surface area contributed by atoms with Crippen LogP contribution in [0.5, 0.6) is 11.5 Å². The van der Waals surface area contributed by atoms with Crippen LogP contribution in [0.15, 0.2) is 29.5 Å². The minimum Gasteiger partial charge on any atom is -0.493 e. The summed E-state index contributed by atoms with van der Waals surface area (Å²) >= 11 is 0. The summed E-state index contributed by atoms with van der Waals surface area (Å²) in [5, 5.41) is 15.0. The number of nitrogens with one attached hydrogen (secondary N) is 1. The molecule has 0 bridgehead atoms. The summed E-state index contributed by atoms with van der Waals surface area (Å²) in [4.78, 5) is 12.9. The van der Waals surface area contributed by atoms with Crippen molar-refractivity contribution in [2.75, 3.05) is 25.6 Å². The minimum atomic E-state index is -0.539.